The van der Waals surface area contributed by atoms with Crippen molar-refractivity contribution in [2.24, 2.45) is 0 Å². The summed E-state index contributed by atoms with van der Waals surface area (Å²) in [4.78, 5) is 11.2. The molecule has 0 aliphatic rings. The molecule has 0 heterocycles. The van der Waals surface area contributed by atoms with E-state index in [1.54, 1.807) is 25.1 Å². The molecule has 5 heteroatoms. The maximum absolute atomic E-state index is 11.9. The summed E-state index contributed by atoms with van der Waals surface area (Å²) in [6.07, 6.45) is 0. The molecule has 0 aromatic heterocycles. The molecule has 0 spiro atoms. The molecular weight excluding hydrogens is 226 g/mol. The molecule has 0 radical (unpaired) electrons. The van der Waals surface area contributed by atoms with Gasteiger partial charge in [0.05, 0.1) is 10.9 Å². The molecule has 1 unspecified atom stereocenters. The van der Waals surface area contributed by atoms with E-state index in [0.29, 0.717) is 5.56 Å². The zero-order valence-corrected chi connectivity index (χ0v) is 10.3. The Morgan fingerprint density at radius 3 is 2.38 bits per heavy atom. The highest BCUT2D eigenvalue weighted by Crippen LogP contribution is 2.14. The number of hydrogen-bond acceptors (Lipinski definition) is 3. The van der Waals surface area contributed by atoms with Gasteiger partial charge >= 0.3 is 0 Å². The third-order valence-corrected chi connectivity index (χ3v) is 4.03. The lowest BCUT2D eigenvalue weighted by Crippen LogP contribution is -2.37. The second kappa shape index (κ2) is 4.76. The zero-order chi connectivity index (χ0) is 12.3. The van der Waals surface area contributed by atoms with Gasteiger partial charge in [-0.15, -0.1) is 0 Å². The van der Waals surface area contributed by atoms with E-state index >= 15 is 0 Å². The van der Waals surface area contributed by atoms with E-state index in [2.05, 4.69) is 4.72 Å². The molecule has 0 aliphatic heterocycles. The highest BCUT2D eigenvalue weighted by molar-refractivity contribution is 7.89. The van der Waals surface area contributed by atoms with E-state index in [4.69, 9.17) is 0 Å². The molecule has 0 aliphatic carbocycles. The summed E-state index contributed by atoms with van der Waals surface area (Å²) >= 11 is 0. The number of aryl methyl sites for hydroxylation is 1. The lowest BCUT2D eigenvalue weighted by Gasteiger charge is -2.12. The molecule has 0 saturated heterocycles. The second-order valence-electron chi connectivity index (χ2n) is 3.72. The summed E-state index contributed by atoms with van der Waals surface area (Å²) in [7, 11) is -3.61. The quantitative estimate of drug-likeness (QED) is 0.863. The Labute approximate surface area is 95.7 Å². The minimum atomic E-state index is -3.61. The van der Waals surface area contributed by atoms with E-state index in [1.807, 2.05) is 0 Å². The van der Waals surface area contributed by atoms with Crippen LogP contribution in [0.2, 0.25) is 0 Å². The number of Topliss-reactive ketones (excluding diaryl/α,β-unsaturated/α-hetero) is 1. The van der Waals surface area contributed by atoms with Gasteiger partial charge in [-0.2, -0.15) is 0 Å². The Bertz CT molecular complexity index is 494. The van der Waals surface area contributed by atoms with Crippen LogP contribution in [0.25, 0.3) is 0 Å². The average molecular weight is 241 g/mol. The van der Waals surface area contributed by atoms with Crippen molar-refractivity contribution in [3.8, 4) is 0 Å². The summed E-state index contributed by atoms with van der Waals surface area (Å²) in [5.41, 5.74) is 0.658. The number of carbonyl (C=O) groups excluding carboxylic acids is 1. The number of rotatable bonds is 4. The van der Waals surface area contributed by atoms with Crippen LogP contribution in [-0.2, 0) is 14.8 Å². The van der Waals surface area contributed by atoms with Crippen LogP contribution in [0.5, 0.6) is 0 Å². The molecule has 88 valence electrons. The Morgan fingerprint density at radius 2 is 1.88 bits per heavy atom. The Balaban J connectivity index is 3.04. The molecule has 0 fully saturated rings. The molecule has 1 aromatic rings. The van der Waals surface area contributed by atoms with E-state index in [-0.39, 0.29) is 10.7 Å². The molecule has 4 nitrogen and oxygen atoms in total. The largest absolute Gasteiger partial charge is 0.298 e. The molecule has 1 aromatic carbocycles. The van der Waals surface area contributed by atoms with Gasteiger partial charge in [-0.05, 0) is 32.4 Å². The van der Waals surface area contributed by atoms with Crippen molar-refractivity contribution in [2.45, 2.75) is 31.7 Å². The molecule has 1 N–H and O–H groups in total. The zero-order valence-electron chi connectivity index (χ0n) is 9.52. The van der Waals surface area contributed by atoms with Gasteiger partial charge in [-0.25, -0.2) is 13.1 Å². The first-order valence-electron chi connectivity index (χ1n) is 4.93. The SMILES string of the molecule is CC(=O)C(C)NS(=O)(=O)c1ccccc1C. The minimum absolute atomic E-state index is 0.211. The van der Waals surface area contributed by atoms with Crippen LogP contribution < -0.4 is 4.72 Å². The average Bonchev–Trinajstić information content (AvgIpc) is 2.17. The first kappa shape index (κ1) is 12.9. The van der Waals surface area contributed by atoms with Crippen molar-refractivity contribution in [3.63, 3.8) is 0 Å². The predicted molar refractivity (Wildman–Crippen MR) is 61.6 cm³/mol. The van der Waals surface area contributed by atoms with Gasteiger partial charge in [0.2, 0.25) is 10.0 Å². The van der Waals surface area contributed by atoms with Crippen LogP contribution in [0, 0.1) is 6.92 Å². The van der Waals surface area contributed by atoms with E-state index in [1.165, 1.54) is 19.9 Å². The summed E-state index contributed by atoms with van der Waals surface area (Å²) in [6, 6.07) is 5.95. The number of sulfonamides is 1. The Hall–Kier alpha value is -1.20. The fourth-order valence-electron chi connectivity index (χ4n) is 1.24. The van der Waals surface area contributed by atoms with Crippen LogP contribution in [0.1, 0.15) is 19.4 Å². The highest BCUT2D eigenvalue weighted by atomic mass is 32.2. The topological polar surface area (TPSA) is 63.2 Å². The summed E-state index contributed by atoms with van der Waals surface area (Å²) in [6.45, 7) is 4.59. The third kappa shape index (κ3) is 2.90. The number of benzene rings is 1. The van der Waals surface area contributed by atoms with Crippen LogP contribution in [0.4, 0.5) is 0 Å². The van der Waals surface area contributed by atoms with Gasteiger partial charge in [0.1, 0.15) is 5.78 Å². The van der Waals surface area contributed by atoms with Crippen LogP contribution >= 0.6 is 0 Å². The fraction of sp³-hybridized carbons (Fsp3) is 0.364. The lowest BCUT2D eigenvalue weighted by molar-refractivity contribution is -0.118. The maximum Gasteiger partial charge on any atom is 0.241 e. The summed E-state index contributed by atoms with van der Waals surface area (Å²) in [5.74, 6) is -0.211. The lowest BCUT2D eigenvalue weighted by atomic mass is 10.2. The van der Waals surface area contributed by atoms with Crippen molar-refractivity contribution in [2.75, 3.05) is 0 Å². The standard InChI is InChI=1S/C11H15NO3S/c1-8-6-4-5-7-11(8)16(14,15)12-9(2)10(3)13/h4-7,9,12H,1-3H3. The number of carbonyl (C=O) groups is 1. The van der Waals surface area contributed by atoms with Crippen molar-refractivity contribution in [1.82, 2.24) is 4.72 Å². The van der Waals surface area contributed by atoms with Crippen LogP contribution in [0.3, 0.4) is 0 Å². The van der Waals surface area contributed by atoms with Crippen molar-refractivity contribution in [3.05, 3.63) is 29.8 Å². The molecule has 0 saturated carbocycles. The van der Waals surface area contributed by atoms with E-state index < -0.39 is 16.1 Å². The monoisotopic (exact) mass is 241 g/mol. The molecule has 16 heavy (non-hydrogen) atoms. The van der Waals surface area contributed by atoms with E-state index in [0.717, 1.165) is 0 Å². The summed E-state index contributed by atoms with van der Waals surface area (Å²) in [5, 5.41) is 0. The Morgan fingerprint density at radius 1 is 1.31 bits per heavy atom. The van der Waals surface area contributed by atoms with Crippen LogP contribution in [-0.4, -0.2) is 20.2 Å². The number of hydrogen-bond donors (Lipinski definition) is 1. The third-order valence-electron chi connectivity index (χ3n) is 2.32. The first-order valence-corrected chi connectivity index (χ1v) is 6.41. The molecular formula is C11H15NO3S. The second-order valence-corrected chi connectivity index (χ2v) is 5.40. The van der Waals surface area contributed by atoms with Gasteiger partial charge in [-0.1, -0.05) is 18.2 Å². The van der Waals surface area contributed by atoms with Gasteiger partial charge in [-0.3, -0.25) is 4.79 Å². The predicted octanol–water partition coefficient (Wildman–Crippen LogP) is 1.25. The summed E-state index contributed by atoms with van der Waals surface area (Å²) < 4.78 is 26.1. The van der Waals surface area contributed by atoms with Crippen molar-refractivity contribution >= 4 is 15.8 Å². The molecule has 1 atom stereocenters. The Kier molecular flexibility index (Phi) is 3.83. The van der Waals surface area contributed by atoms with Gasteiger partial charge in [0, 0.05) is 0 Å². The minimum Gasteiger partial charge on any atom is -0.298 e. The highest BCUT2D eigenvalue weighted by Gasteiger charge is 2.20. The van der Waals surface area contributed by atoms with Crippen LogP contribution in [0.15, 0.2) is 29.2 Å². The smallest absolute Gasteiger partial charge is 0.241 e. The van der Waals surface area contributed by atoms with Crippen molar-refractivity contribution < 1.29 is 13.2 Å². The van der Waals surface area contributed by atoms with Gasteiger partial charge in [0.15, 0.2) is 0 Å². The normalized spacial score (nSPS) is 13.4. The van der Waals surface area contributed by atoms with E-state index in [9.17, 15) is 13.2 Å². The fourth-order valence-corrected chi connectivity index (χ4v) is 2.75. The first-order chi connectivity index (χ1) is 7.34. The molecule has 1 rings (SSSR count). The van der Waals surface area contributed by atoms with Crippen molar-refractivity contribution in [1.29, 1.82) is 0 Å². The number of nitrogens with one attached hydrogen (secondary N) is 1. The molecule has 0 bridgehead atoms. The molecule has 0 amide bonds. The number of ketones is 1. The van der Waals surface area contributed by atoms with Gasteiger partial charge < -0.3 is 0 Å². The van der Waals surface area contributed by atoms with Gasteiger partial charge in [0.25, 0.3) is 0 Å². The maximum atomic E-state index is 11.9.